The molecule has 4 rings (SSSR count). The minimum absolute atomic E-state index is 0.0748. The monoisotopic (exact) mass is 507 g/mol. The highest BCUT2D eigenvalue weighted by molar-refractivity contribution is 8.26. The van der Waals surface area contributed by atoms with Gasteiger partial charge in [-0.15, -0.1) is 0 Å². The maximum absolute atomic E-state index is 13.1. The molecule has 0 atom stereocenters. The number of para-hydroxylation sites is 1. The summed E-state index contributed by atoms with van der Waals surface area (Å²) in [6.07, 6.45) is 6.70. The lowest BCUT2D eigenvalue weighted by atomic mass is 10.1. The number of amides is 1. The van der Waals surface area contributed by atoms with Crippen LogP contribution in [-0.2, 0) is 9.53 Å². The van der Waals surface area contributed by atoms with E-state index in [0.29, 0.717) is 29.0 Å². The first-order valence-electron chi connectivity index (χ1n) is 11.7. The second kappa shape index (κ2) is 12.2. The first kappa shape index (κ1) is 25.2. The lowest BCUT2D eigenvalue weighted by molar-refractivity contribution is -0.122. The van der Waals surface area contributed by atoms with E-state index in [4.69, 9.17) is 26.8 Å². The first-order chi connectivity index (χ1) is 17.1. The summed E-state index contributed by atoms with van der Waals surface area (Å²) in [5.41, 5.74) is 3.54. The van der Waals surface area contributed by atoms with Gasteiger partial charge in [0.25, 0.3) is 5.91 Å². The summed E-state index contributed by atoms with van der Waals surface area (Å²) in [5.74, 6) is 0.761. The van der Waals surface area contributed by atoms with Crippen molar-refractivity contribution >= 4 is 40.3 Å². The van der Waals surface area contributed by atoms with Crippen molar-refractivity contribution in [2.75, 3.05) is 26.9 Å². The molecule has 0 radical (unpaired) electrons. The summed E-state index contributed by atoms with van der Waals surface area (Å²) < 4.78 is 13.3. The van der Waals surface area contributed by atoms with Crippen LogP contribution in [0.3, 0.4) is 0 Å². The van der Waals surface area contributed by atoms with Gasteiger partial charge in [0.05, 0.1) is 22.9 Å². The number of hydrogen-bond acceptors (Lipinski definition) is 6. The SMILES string of the molecule is CCCCOc1ccc(-c2nn(-c3ccccc3)cc2C=C2SC(=S)N(CCCOC)C2=O)cc1. The zero-order valence-electron chi connectivity index (χ0n) is 20.0. The number of aromatic nitrogens is 2. The summed E-state index contributed by atoms with van der Waals surface area (Å²) in [7, 11) is 1.65. The summed E-state index contributed by atoms with van der Waals surface area (Å²) in [6.45, 7) is 3.98. The molecule has 1 saturated heterocycles. The lowest BCUT2D eigenvalue weighted by Gasteiger charge is -2.13. The highest BCUT2D eigenvalue weighted by Gasteiger charge is 2.32. The van der Waals surface area contributed by atoms with Crippen molar-refractivity contribution < 1.29 is 14.3 Å². The summed E-state index contributed by atoms with van der Waals surface area (Å²) >= 11 is 6.81. The Kier molecular flexibility index (Phi) is 8.74. The fraction of sp³-hybridized carbons (Fsp3) is 0.296. The maximum atomic E-state index is 13.1. The number of methoxy groups -OCH3 is 1. The molecule has 1 aliphatic heterocycles. The molecule has 2 aromatic carbocycles. The summed E-state index contributed by atoms with van der Waals surface area (Å²) in [5, 5.41) is 4.87. The molecular formula is C27H29N3O3S2. The van der Waals surface area contributed by atoms with Crippen molar-refractivity contribution in [3.8, 4) is 22.7 Å². The molecule has 1 amide bonds. The second-order valence-electron chi connectivity index (χ2n) is 8.12. The van der Waals surface area contributed by atoms with Crippen molar-refractivity contribution in [1.29, 1.82) is 0 Å². The minimum Gasteiger partial charge on any atom is -0.494 e. The number of unbranched alkanes of at least 4 members (excludes halogenated alkanes) is 1. The van der Waals surface area contributed by atoms with Gasteiger partial charge in [-0.25, -0.2) is 4.68 Å². The average molecular weight is 508 g/mol. The summed E-state index contributed by atoms with van der Waals surface area (Å²) in [4.78, 5) is 15.3. The first-order valence-corrected chi connectivity index (χ1v) is 13.0. The molecule has 8 heteroatoms. The molecule has 35 heavy (non-hydrogen) atoms. The molecule has 1 aliphatic rings. The van der Waals surface area contributed by atoms with Gasteiger partial charge in [0.15, 0.2) is 0 Å². The normalized spacial score (nSPS) is 14.8. The number of thioether (sulfide) groups is 1. The molecule has 2 heterocycles. The largest absolute Gasteiger partial charge is 0.494 e. The van der Waals surface area contributed by atoms with Gasteiger partial charge >= 0.3 is 0 Å². The fourth-order valence-electron chi connectivity index (χ4n) is 3.67. The van der Waals surface area contributed by atoms with Gasteiger partial charge in [0.2, 0.25) is 0 Å². The highest BCUT2D eigenvalue weighted by atomic mass is 32.2. The third kappa shape index (κ3) is 6.20. The van der Waals surface area contributed by atoms with Crippen molar-refractivity contribution in [3.05, 3.63) is 71.3 Å². The molecule has 182 valence electrons. The van der Waals surface area contributed by atoms with Crippen LogP contribution in [0.2, 0.25) is 0 Å². The Hall–Kier alpha value is -2.94. The van der Waals surface area contributed by atoms with E-state index in [2.05, 4.69) is 6.92 Å². The van der Waals surface area contributed by atoms with Crippen LogP contribution in [0.1, 0.15) is 31.7 Å². The third-order valence-corrected chi connectivity index (χ3v) is 6.93. The lowest BCUT2D eigenvalue weighted by Crippen LogP contribution is -2.29. The zero-order chi connectivity index (χ0) is 24.6. The molecular weight excluding hydrogens is 478 g/mol. The van der Waals surface area contributed by atoms with E-state index in [1.165, 1.54) is 11.8 Å². The zero-order valence-corrected chi connectivity index (χ0v) is 21.6. The second-order valence-corrected chi connectivity index (χ2v) is 9.80. The topological polar surface area (TPSA) is 56.6 Å². The molecule has 0 unspecified atom stereocenters. The van der Waals surface area contributed by atoms with Crippen LogP contribution in [0.15, 0.2) is 65.7 Å². The Bertz CT molecular complexity index is 1190. The fourth-order valence-corrected chi connectivity index (χ4v) is 4.97. The molecule has 0 spiro atoms. The average Bonchev–Trinajstić information content (AvgIpc) is 3.41. The van der Waals surface area contributed by atoms with Crippen molar-refractivity contribution in [2.24, 2.45) is 0 Å². The number of carbonyl (C=O) groups is 1. The van der Waals surface area contributed by atoms with Gasteiger partial charge in [0, 0.05) is 37.6 Å². The van der Waals surface area contributed by atoms with E-state index in [9.17, 15) is 4.79 Å². The Balaban J connectivity index is 1.65. The molecule has 3 aromatic rings. The molecule has 1 fully saturated rings. The van der Waals surface area contributed by atoms with E-state index in [1.807, 2.05) is 71.6 Å². The van der Waals surface area contributed by atoms with Crippen LogP contribution >= 0.6 is 24.0 Å². The predicted octanol–water partition coefficient (Wildman–Crippen LogP) is 5.96. The van der Waals surface area contributed by atoms with Crippen LogP contribution in [0.25, 0.3) is 23.0 Å². The number of rotatable bonds is 11. The Labute approximate surface area is 215 Å². The minimum atomic E-state index is -0.0748. The van der Waals surface area contributed by atoms with E-state index in [1.54, 1.807) is 12.0 Å². The van der Waals surface area contributed by atoms with E-state index >= 15 is 0 Å². The summed E-state index contributed by atoms with van der Waals surface area (Å²) in [6, 6.07) is 17.9. The predicted molar refractivity (Wildman–Crippen MR) is 146 cm³/mol. The van der Waals surface area contributed by atoms with Crippen LogP contribution in [-0.4, -0.2) is 51.8 Å². The number of carbonyl (C=O) groups excluding carboxylic acids is 1. The van der Waals surface area contributed by atoms with E-state index in [0.717, 1.165) is 47.5 Å². The van der Waals surface area contributed by atoms with Gasteiger partial charge in [-0.3, -0.25) is 9.69 Å². The van der Waals surface area contributed by atoms with Gasteiger partial charge < -0.3 is 9.47 Å². The van der Waals surface area contributed by atoms with E-state index in [-0.39, 0.29) is 5.91 Å². The van der Waals surface area contributed by atoms with Gasteiger partial charge in [-0.05, 0) is 55.3 Å². The van der Waals surface area contributed by atoms with Crippen LogP contribution < -0.4 is 4.74 Å². The van der Waals surface area contributed by atoms with Crippen LogP contribution in [0.4, 0.5) is 0 Å². The Morgan fingerprint density at radius 2 is 1.83 bits per heavy atom. The Morgan fingerprint density at radius 1 is 1.06 bits per heavy atom. The van der Waals surface area contributed by atoms with Gasteiger partial charge in [-0.2, -0.15) is 5.10 Å². The van der Waals surface area contributed by atoms with E-state index < -0.39 is 0 Å². The van der Waals surface area contributed by atoms with Gasteiger partial charge in [0.1, 0.15) is 10.1 Å². The smallest absolute Gasteiger partial charge is 0.266 e. The number of hydrogen-bond donors (Lipinski definition) is 0. The van der Waals surface area contributed by atoms with Gasteiger partial charge in [-0.1, -0.05) is 55.5 Å². The molecule has 0 saturated carbocycles. The maximum Gasteiger partial charge on any atom is 0.266 e. The Morgan fingerprint density at radius 3 is 2.54 bits per heavy atom. The van der Waals surface area contributed by atoms with Crippen molar-refractivity contribution in [2.45, 2.75) is 26.2 Å². The third-order valence-electron chi connectivity index (χ3n) is 5.55. The molecule has 0 aliphatic carbocycles. The van der Waals surface area contributed by atoms with Crippen LogP contribution in [0.5, 0.6) is 5.75 Å². The van der Waals surface area contributed by atoms with Crippen LogP contribution in [0, 0.1) is 0 Å². The highest BCUT2D eigenvalue weighted by Crippen LogP contribution is 2.35. The van der Waals surface area contributed by atoms with Crippen molar-refractivity contribution in [3.63, 3.8) is 0 Å². The molecule has 0 bridgehead atoms. The number of nitrogens with zero attached hydrogens (tertiary/aromatic N) is 3. The molecule has 6 nitrogen and oxygen atoms in total. The number of ether oxygens (including phenoxy) is 2. The molecule has 0 N–H and O–H groups in total. The number of thiocarbonyl (C=S) groups is 1. The molecule has 1 aromatic heterocycles. The standard InChI is InChI=1S/C27H29N3O3S2/c1-3-4-17-33-23-13-11-20(12-14-23)25-21(19-30(28-25)22-9-6-5-7-10-22)18-24-26(31)29(27(34)35-24)15-8-16-32-2/h5-7,9-14,18-19H,3-4,8,15-17H2,1-2H3. The number of benzene rings is 2. The van der Waals surface area contributed by atoms with Crippen molar-refractivity contribution in [1.82, 2.24) is 14.7 Å². The quantitative estimate of drug-likeness (QED) is 0.181.